The fourth-order valence-corrected chi connectivity index (χ4v) is 3.17. The van der Waals surface area contributed by atoms with Gasteiger partial charge in [-0.3, -0.25) is 0 Å². The van der Waals surface area contributed by atoms with Crippen molar-refractivity contribution < 1.29 is 0 Å². The minimum atomic E-state index is 0.605. The zero-order valence-electron chi connectivity index (χ0n) is 13.9. The van der Waals surface area contributed by atoms with Gasteiger partial charge in [-0.2, -0.15) is 0 Å². The van der Waals surface area contributed by atoms with E-state index >= 15 is 0 Å². The second-order valence-electron chi connectivity index (χ2n) is 6.43. The molecular formula is C21H28. The highest BCUT2D eigenvalue weighted by atomic mass is 14.2. The quantitative estimate of drug-likeness (QED) is 0.615. The fraction of sp³-hybridized carbons (Fsp3) is 0.429. The van der Waals surface area contributed by atoms with E-state index in [1.807, 2.05) is 0 Å². The lowest BCUT2D eigenvalue weighted by Crippen LogP contribution is -2.13. The van der Waals surface area contributed by atoms with E-state index in [4.69, 9.17) is 0 Å². The zero-order chi connectivity index (χ0) is 15.2. The van der Waals surface area contributed by atoms with Crippen molar-refractivity contribution in [2.75, 3.05) is 0 Å². The predicted octanol–water partition coefficient (Wildman–Crippen LogP) is 5.93. The SMILES string of the molecule is CCCc1ccccc1C(Cc1ccccc1C)C(C)C. The third-order valence-electron chi connectivity index (χ3n) is 4.48. The number of hydrogen-bond acceptors (Lipinski definition) is 0. The summed E-state index contributed by atoms with van der Waals surface area (Å²) in [6.07, 6.45) is 3.55. The van der Waals surface area contributed by atoms with Crippen LogP contribution in [-0.2, 0) is 12.8 Å². The van der Waals surface area contributed by atoms with Crippen molar-refractivity contribution in [3.8, 4) is 0 Å². The molecule has 0 heteroatoms. The lowest BCUT2D eigenvalue weighted by molar-refractivity contribution is 0.491. The second-order valence-corrected chi connectivity index (χ2v) is 6.43. The molecule has 0 N–H and O–H groups in total. The van der Waals surface area contributed by atoms with Crippen LogP contribution in [0, 0.1) is 12.8 Å². The van der Waals surface area contributed by atoms with Crippen LogP contribution in [0.15, 0.2) is 48.5 Å². The van der Waals surface area contributed by atoms with Gasteiger partial charge < -0.3 is 0 Å². The van der Waals surface area contributed by atoms with E-state index in [2.05, 4.69) is 76.2 Å². The summed E-state index contributed by atoms with van der Waals surface area (Å²) in [5, 5.41) is 0. The molecule has 21 heavy (non-hydrogen) atoms. The molecule has 0 bridgehead atoms. The van der Waals surface area contributed by atoms with Crippen LogP contribution >= 0.6 is 0 Å². The highest BCUT2D eigenvalue weighted by Gasteiger charge is 2.19. The summed E-state index contributed by atoms with van der Waals surface area (Å²) in [7, 11) is 0. The Morgan fingerprint density at radius 3 is 2.10 bits per heavy atom. The molecule has 0 aliphatic rings. The van der Waals surface area contributed by atoms with Crippen LogP contribution in [-0.4, -0.2) is 0 Å². The molecule has 0 radical (unpaired) electrons. The smallest absolute Gasteiger partial charge is 0.00956 e. The van der Waals surface area contributed by atoms with E-state index in [0.29, 0.717) is 11.8 Å². The Morgan fingerprint density at radius 2 is 1.48 bits per heavy atom. The Labute approximate surface area is 130 Å². The van der Waals surface area contributed by atoms with Gasteiger partial charge >= 0.3 is 0 Å². The van der Waals surface area contributed by atoms with Gasteiger partial charge in [0.1, 0.15) is 0 Å². The minimum absolute atomic E-state index is 0.605. The van der Waals surface area contributed by atoms with Gasteiger partial charge in [-0.05, 0) is 53.9 Å². The van der Waals surface area contributed by atoms with E-state index in [1.165, 1.54) is 29.5 Å². The van der Waals surface area contributed by atoms with Crippen molar-refractivity contribution in [3.63, 3.8) is 0 Å². The summed E-state index contributed by atoms with van der Waals surface area (Å²) in [6.45, 7) is 9.20. The molecule has 0 aliphatic carbocycles. The normalized spacial score (nSPS) is 12.6. The molecule has 0 saturated carbocycles. The Kier molecular flexibility index (Phi) is 5.61. The Balaban J connectivity index is 2.34. The molecule has 1 unspecified atom stereocenters. The molecule has 2 aromatic carbocycles. The molecule has 2 rings (SSSR count). The average Bonchev–Trinajstić information content (AvgIpc) is 2.47. The van der Waals surface area contributed by atoms with Crippen LogP contribution in [0.5, 0.6) is 0 Å². The molecule has 0 aliphatic heterocycles. The van der Waals surface area contributed by atoms with Crippen LogP contribution in [0.1, 0.15) is 55.4 Å². The number of aryl methyl sites for hydroxylation is 2. The largest absolute Gasteiger partial charge is 0.0651 e. The van der Waals surface area contributed by atoms with Crippen LogP contribution < -0.4 is 0 Å². The summed E-state index contributed by atoms with van der Waals surface area (Å²) in [4.78, 5) is 0. The molecular weight excluding hydrogens is 252 g/mol. The van der Waals surface area contributed by atoms with E-state index in [9.17, 15) is 0 Å². The van der Waals surface area contributed by atoms with Crippen LogP contribution in [0.4, 0.5) is 0 Å². The summed E-state index contributed by atoms with van der Waals surface area (Å²) in [5.74, 6) is 1.26. The fourth-order valence-electron chi connectivity index (χ4n) is 3.17. The van der Waals surface area contributed by atoms with E-state index in [1.54, 1.807) is 5.56 Å². The van der Waals surface area contributed by atoms with E-state index in [-0.39, 0.29) is 0 Å². The molecule has 0 spiro atoms. The van der Waals surface area contributed by atoms with Gasteiger partial charge in [0.15, 0.2) is 0 Å². The summed E-state index contributed by atoms with van der Waals surface area (Å²) in [5.41, 5.74) is 5.99. The third kappa shape index (κ3) is 3.97. The van der Waals surface area contributed by atoms with Crippen LogP contribution in [0.2, 0.25) is 0 Å². The number of benzene rings is 2. The van der Waals surface area contributed by atoms with E-state index in [0.717, 1.165) is 6.42 Å². The topological polar surface area (TPSA) is 0 Å². The second kappa shape index (κ2) is 7.45. The number of hydrogen-bond donors (Lipinski definition) is 0. The highest BCUT2D eigenvalue weighted by molar-refractivity contribution is 5.34. The maximum absolute atomic E-state index is 2.35. The maximum atomic E-state index is 2.35. The first-order valence-corrected chi connectivity index (χ1v) is 8.25. The van der Waals surface area contributed by atoms with Crippen LogP contribution in [0.3, 0.4) is 0 Å². The van der Waals surface area contributed by atoms with Crippen molar-refractivity contribution in [2.45, 2.75) is 52.9 Å². The highest BCUT2D eigenvalue weighted by Crippen LogP contribution is 2.32. The molecule has 0 fully saturated rings. The first-order chi connectivity index (χ1) is 10.1. The van der Waals surface area contributed by atoms with Crippen molar-refractivity contribution >= 4 is 0 Å². The van der Waals surface area contributed by atoms with Crippen molar-refractivity contribution in [1.29, 1.82) is 0 Å². The lowest BCUT2D eigenvalue weighted by Gasteiger charge is -2.25. The monoisotopic (exact) mass is 280 g/mol. The van der Waals surface area contributed by atoms with Crippen molar-refractivity contribution in [3.05, 3.63) is 70.8 Å². The van der Waals surface area contributed by atoms with Gasteiger partial charge in [0.2, 0.25) is 0 Å². The third-order valence-corrected chi connectivity index (χ3v) is 4.48. The summed E-state index contributed by atoms with van der Waals surface area (Å²) >= 11 is 0. The van der Waals surface area contributed by atoms with Crippen LogP contribution in [0.25, 0.3) is 0 Å². The molecule has 0 amide bonds. The summed E-state index contributed by atoms with van der Waals surface area (Å²) in [6, 6.07) is 17.8. The van der Waals surface area contributed by atoms with Gasteiger partial charge in [0.25, 0.3) is 0 Å². The number of rotatable bonds is 6. The first-order valence-electron chi connectivity index (χ1n) is 8.25. The average molecular weight is 280 g/mol. The predicted molar refractivity (Wildman–Crippen MR) is 92.9 cm³/mol. The van der Waals surface area contributed by atoms with Gasteiger partial charge in [0.05, 0.1) is 0 Å². The van der Waals surface area contributed by atoms with Gasteiger partial charge in [-0.15, -0.1) is 0 Å². The molecule has 2 aromatic rings. The summed E-state index contributed by atoms with van der Waals surface area (Å²) < 4.78 is 0. The Morgan fingerprint density at radius 1 is 0.857 bits per heavy atom. The molecule has 0 heterocycles. The van der Waals surface area contributed by atoms with Gasteiger partial charge in [0, 0.05) is 0 Å². The van der Waals surface area contributed by atoms with Crippen molar-refractivity contribution in [1.82, 2.24) is 0 Å². The van der Waals surface area contributed by atoms with E-state index < -0.39 is 0 Å². The molecule has 0 saturated heterocycles. The molecule has 1 atom stereocenters. The standard InChI is InChI=1S/C21H28/c1-5-10-18-12-8-9-14-20(18)21(16(2)3)15-19-13-7-6-11-17(19)4/h6-9,11-14,16,21H,5,10,15H2,1-4H3. The Bertz CT molecular complexity index is 566. The first kappa shape index (κ1) is 15.8. The van der Waals surface area contributed by atoms with Crippen molar-refractivity contribution in [2.24, 2.45) is 5.92 Å². The molecule has 0 nitrogen and oxygen atoms in total. The molecule has 112 valence electrons. The minimum Gasteiger partial charge on any atom is -0.0651 e. The zero-order valence-corrected chi connectivity index (χ0v) is 13.9. The Hall–Kier alpha value is -1.56. The van der Waals surface area contributed by atoms with Gasteiger partial charge in [-0.25, -0.2) is 0 Å². The van der Waals surface area contributed by atoms with Gasteiger partial charge in [-0.1, -0.05) is 75.7 Å². The maximum Gasteiger partial charge on any atom is -0.00956 e. The molecule has 0 aromatic heterocycles. The lowest BCUT2D eigenvalue weighted by atomic mass is 9.80.